The Morgan fingerprint density at radius 2 is 1.79 bits per heavy atom. The third-order valence-corrected chi connectivity index (χ3v) is 4.62. The van der Waals surface area contributed by atoms with Gasteiger partial charge < -0.3 is 5.32 Å². The first kappa shape index (κ1) is 20.7. The van der Waals surface area contributed by atoms with Gasteiger partial charge >= 0.3 is 12.2 Å². The van der Waals surface area contributed by atoms with Crippen molar-refractivity contribution in [2.75, 3.05) is 6.54 Å². The number of benzene rings is 2. The molecule has 1 saturated heterocycles. The summed E-state index contributed by atoms with van der Waals surface area (Å²) in [5.41, 5.74) is -3.01. The lowest BCUT2D eigenvalue weighted by molar-refractivity contribution is -0.200. The third-order valence-electron chi connectivity index (χ3n) is 4.39. The van der Waals surface area contributed by atoms with Crippen LogP contribution in [0.2, 0.25) is 5.02 Å². The van der Waals surface area contributed by atoms with Crippen LogP contribution in [0.15, 0.2) is 54.6 Å². The molecule has 2 aromatic rings. The second-order valence-electron chi connectivity index (χ2n) is 6.33. The monoisotopic (exact) mass is 425 g/mol. The highest BCUT2D eigenvalue weighted by Gasteiger charge is 2.68. The topological polar surface area (TPSA) is 78.5 Å². The van der Waals surface area contributed by atoms with E-state index in [9.17, 15) is 27.6 Å². The van der Waals surface area contributed by atoms with Crippen molar-refractivity contribution in [3.63, 3.8) is 0 Å². The molecule has 1 aliphatic rings. The molecule has 0 radical (unpaired) electrons. The largest absolute Gasteiger partial charge is 0.440 e. The van der Waals surface area contributed by atoms with Crippen LogP contribution in [-0.4, -0.2) is 41.1 Å². The van der Waals surface area contributed by atoms with Gasteiger partial charge in [0.1, 0.15) is 0 Å². The zero-order chi connectivity index (χ0) is 21.2. The Hall–Kier alpha value is -3.07. The Bertz CT molecular complexity index is 952. The van der Waals surface area contributed by atoms with Gasteiger partial charge in [0, 0.05) is 17.1 Å². The van der Waals surface area contributed by atoms with Crippen LogP contribution in [0.4, 0.5) is 18.0 Å². The van der Waals surface area contributed by atoms with Crippen molar-refractivity contribution in [1.82, 2.24) is 15.5 Å². The molecule has 152 valence electrons. The first-order chi connectivity index (χ1) is 13.6. The fraction of sp³-hybridized carbons (Fsp3) is 0.211. The molecule has 0 bridgehead atoms. The van der Waals surface area contributed by atoms with Crippen molar-refractivity contribution in [1.29, 1.82) is 0 Å². The molecule has 0 unspecified atom stereocenters. The number of carbonyl (C=O) groups is 3. The smallest absolute Gasteiger partial charge is 0.314 e. The number of imide groups is 1. The molecule has 2 aromatic carbocycles. The third kappa shape index (κ3) is 4.04. The predicted molar refractivity (Wildman–Crippen MR) is 98.1 cm³/mol. The lowest BCUT2D eigenvalue weighted by Gasteiger charge is -2.29. The Labute approximate surface area is 168 Å². The van der Waals surface area contributed by atoms with Gasteiger partial charge in [-0.25, -0.2) is 4.79 Å². The number of halogens is 4. The van der Waals surface area contributed by atoms with E-state index in [-0.39, 0.29) is 23.6 Å². The molecule has 6 nitrogen and oxygen atoms in total. The maximum Gasteiger partial charge on any atom is 0.440 e. The predicted octanol–water partition coefficient (Wildman–Crippen LogP) is 3.12. The highest BCUT2D eigenvalue weighted by atomic mass is 35.5. The number of hydrogen-bond donors (Lipinski definition) is 2. The summed E-state index contributed by atoms with van der Waals surface area (Å²) in [5.74, 6) is -2.80. The SMILES string of the molecule is O=C(N[C@@]1(C(F)(F)F)NC(=O)N(CCc2ccccc2)C1=O)c1cccc(Cl)c1. The van der Waals surface area contributed by atoms with Crippen molar-refractivity contribution < 1.29 is 27.6 Å². The van der Waals surface area contributed by atoms with E-state index in [4.69, 9.17) is 11.6 Å². The van der Waals surface area contributed by atoms with Crippen LogP contribution < -0.4 is 10.6 Å². The number of hydrogen-bond acceptors (Lipinski definition) is 3. The van der Waals surface area contributed by atoms with Gasteiger partial charge in [0.15, 0.2) is 0 Å². The Morgan fingerprint density at radius 1 is 1.10 bits per heavy atom. The van der Waals surface area contributed by atoms with Crippen molar-refractivity contribution >= 4 is 29.4 Å². The average Bonchev–Trinajstić information content (AvgIpc) is 2.91. The highest BCUT2D eigenvalue weighted by Crippen LogP contribution is 2.34. The minimum absolute atomic E-state index is 0.130. The van der Waals surface area contributed by atoms with Gasteiger partial charge in [-0.2, -0.15) is 13.2 Å². The zero-order valence-corrected chi connectivity index (χ0v) is 15.6. The molecule has 1 aliphatic heterocycles. The molecule has 29 heavy (non-hydrogen) atoms. The van der Waals surface area contributed by atoms with E-state index in [2.05, 4.69) is 0 Å². The van der Waals surface area contributed by atoms with Gasteiger partial charge in [-0.05, 0) is 30.2 Å². The van der Waals surface area contributed by atoms with E-state index in [1.165, 1.54) is 18.2 Å². The fourth-order valence-electron chi connectivity index (χ4n) is 2.88. The molecule has 0 aromatic heterocycles. The summed E-state index contributed by atoms with van der Waals surface area (Å²) in [5, 5.41) is 3.37. The molecule has 1 atom stereocenters. The van der Waals surface area contributed by atoms with Gasteiger partial charge in [0.25, 0.3) is 17.5 Å². The summed E-state index contributed by atoms with van der Waals surface area (Å²) in [6, 6.07) is 12.6. The van der Waals surface area contributed by atoms with Crippen molar-refractivity contribution in [3.8, 4) is 0 Å². The van der Waals surface area contributed by atoms with E-state index in [0.29, 0.717) is 4.90 Å². The summed E-state index contributed by atoms with van der Waals surface area (Å²) in [7, 11) is 0. The van der Waals surface area contributed by atoms with Crippen molar-refractivity contribution in [2.24, 2.45) is 0 Å². The molecule has 1 heterocycles. The van der Waals surface area contributed by atoms with Gasteiger partial charge in [-0.15, -0.1) is 0 Å². The Morgan fingerprint density at radius 3 is 2.41 bits per heavy atom. The van der Waals surface area contributed by atoms with Crippen LogP contribution in [0.3, 0.4) is 0 Å². The fourth-order valence-corrected chi connectivity index (χ4v) is 3.07. The van der Waals surface area contributed by atoms with Crippen LogP contribution >= 0.6 is 11.6 Å². The maximum absolute atomic E-state index is 13.8. The standard InChI is InChI=1S/C19H15ClF3N3O3/c20-14-8-4-7-13(11-14)15(27)24-18(19(21,22)23)16(28)26(17(29)25-18)10-9-12-5-2-1-3-6-12/h1-8,11H,9-10H2,(H,24,27)(H,25,29)/t18-/m1/s1. The van der Waals surface area contributed by atoms with Crippen molar-refractivity contribution in [3.05, 3.63) is 70.7 Å². The number of rotatable bonds is 5. The lowest BCUT2D eigenvalue weighted by Crippen LogP contribution is -2.69. The number of carbonyl (C=O) groups excluding carboxylic acids is 3. The van der Waals surface area contributed by atoms with Gasteiger partial charge in [-0.1, -0.05) is 48.0 Å². The first-order valence-corrected chi connectivity index (χ1v) is 8.85. The number of nitrogens with one attached hydrogen (secondary N) is 2. The average molecular weight is 426 g/mol. The second kappa shape index (κ2) is 7.75. The van der Waals surface area contributed by atoms with Crippen molar-refractivity contribution in [2.45, 2.75) is 18.3 Å². The molecular weight excluding hydrogens is 411 g/mol. The number of alkyl halides is 3. The summed E-state index contributed by atoms with van der Waals surface area (Å²) >= 11 is 5.76. The molecular formula is C19H15ClF3N3O3. The summed E-state index contributed by atoms with van der Waals surface area (Å²) in [4.78, 5) is 37.6. The lowest BCUT2D eigenvalue weighted by atomic mass is 10.1. The summed E-state index contributed by atoms with van der Waals surface area (Å²) in [6.07, 6.45) is -5.11. The van der Waals surface area contributed by atoms with Crippen LogP contribution in [0.5, 0.6) is 0 Å². The number of urea groups is 1. The molecule has 10 heteroatoms. The molecule has 4 amide bonds. The number of nitrogens with zero attached hydrogens (tertiary/aromatic N) is 1. The normalized spacial score (nSPS) is 19.2. The van der Waals surface area contributed by atoms with E-state index >= 15 is 0 Å². The summed E-state index contributed by atoms with van der Waals surface area (Å²) in [6.45, 7) is -0.278. The maximum atomic E-state index is 13.8. The first-order valence-electron chi connectivity index (χ1n) is 8.47. The van der Waals surface area contributed by atoms with Crippen LogP contribution in [0.25, 0.3) is 0 Å². The summed E-state index contributed by atoms with van der Waals surface area (Å²) < 4.78 is 41.5. The van der Waals surface area contributed by atoms with Crippen LogP contribution in [0, 0.1) is 0 Å². The molecule has 2 N–H and O–H groups in total. The number of amides is 4. The minimum Gasteiger partial charge on any atom is -0.314 e. The van der Waals surface area contributed by atoms with Crippen LogP contribution in [0.1, 0.15) is 15.9 Å². The molecule has 1 fully saturated rings. The second-order valence-corrected chi connectivity index (χ2v) is 6.77. The minimum atomic E-state index is -5.27. The molecule has 0 saturated carbocycles. The van der Waals surface area contributed by atoms with E-state index in [1.54, 1.807) is 41.0 Å². The van der Waals surface area contributed by atoms with E-state index < -0.39 is 29.7 Å². The zero-order valence-electron chi connectivity index (χ0n) is 14.8. The van der Waals surface area contributed by atoms with E-state index in [1.807, 2.05) is 0 Å². The van der Waals surface area contributed by atoms with E-state index in [0.717, 1.165) is 11.6 Å². The Kier molecular flexibility index (Phi) is 5.52. The molecule has 3 rings (SSSR count). The molecule has 0 spiro atoms. The Balaban J connectivity index is 1.85. The molecule has 0 aliphatic carbocycles. The van der Waals surface area contributed by atoms with Gasteiger partial charge in [-0.3, -0.25) is 19.8 Å². The highest BCUT2D eigenvalue weighted by molar-refractivity contribution is 6.31. The quantitative estimate of drug-likeness (QED) is 0.722. The van der Waals surface area contributed by atoms with Gasteiger partial charge in [0.05, 0.1) is 0 Å². The van der Waals surface area contributed by atoms with Gasteiger partial charge in [0.2, 0.25) is 0 Å². The van der Waals surface area contributed by atoms with Crippen LogP contribution in [-0.2, 0) is 11.2 Å².